The summed E-state index contributed by atoms with van der Waals surface area (Å²) >= 11 is 0. The molecule has 0 spiro atoms. The maximum atomic E-state index is 5.63. The van der Waals surface area contributed by atoms with Crippen LogP contribution >= 0.6 is 0 Å². The van der Waals surface area contributed by atoms with Crippen LogP contribution in [0.4, 0.5) is 5.82 Å². The van der Waals surface area contributed by atoms with Gasteiger partial charge in [-0.05, 0) is 24.6 Å². The third kappa shape index (κ3) is 2.16. The highest BCUT2D eigenvalue weighted by molar-refractivity contribution is 5.31. The average molecular weight is 217 g/mol. The van der Waals surface area contributed by atoms with Crippen molar-refractivity contribution in [1.82, 2.24) is 9.78 Å². The van der Waals surface area contributed by atoms with E-state index in [1.807, 2.05) is 41.9 Å². The number of benzene rings is 1. The van der Waals surface area contributed by atoms with E-state index in [1.54, 1.807) is 7.11 Å². The molecule has 1 aromatic heterocycles. The maximum Gasteiger partial charge on any atom is 0.145 e. The highest BCUT2D eigenvalue weighted by Crippen LogP contribution is 2.14. The van der Waals surface area contributed by atoms with Crippen LogP contribution in [0.15, 0.2) is 30.3 Å². The molecule has 84 valence electrons. The van der Waals surface area contributed by atoms with Crippen molar-refractivity contribution >= 4 is 5.82 Å². The second kappa shape index (κ2) is 4.26. The fourth-order valence-electron chi connectivity index (χ4n) is 1.64. The van der Waals surface area contributed by atoms with Crippen LogP contribution in [0.1, 0.15) is 11.3 Å². The minimum atomic E-state index is 0.556. The fourth-order valence-corrected chi connectivity index (χ4v) is 1.64. The highest BCUT2D eigenvalue weighted by atomic mass is 16.5. The number of aromatic nitrogens is 2. The Bertz CT molecular complexity index is 491. The number of anilines is 1. The van der Waals surface area contributed by atoms with E-state index in [1.165, 1.54) is 0 Å². The van der Waals surface area contributed by atoms with Gasteiger partial charge in [-0.1, -0.05) is 12.1 Å². The van der Waals surface area contributed by atoms with Crippen LogP contribution in [-0.2, 0) is 6.54 Å². The van der Waals surface area contributed by atoms with E-state index < -0.39 is 0 Å². The molecule has 2 aromatic rings. The number of nitrogens with zero attached hydrogens (tertiary/aromatic N) is 2. The van der Waals surface area contributed by atoms with E-state index in [2.05, 4.69) is 5.10 Å². The molecule has 0 aliphatic carbocycles. The van der Waals surface area contributed by atoms with Crippen molar-refractivity contribution in [3.63, 3.8) is 0 Å². The van der Waals surface area contributed by atoms with Gasteiger partial charge < -0.3 is 10.5 Å². The lowest BCUT2D eigenvalue weighted by Crippen LogP contribution is -2.04. The molecule has 1 aromatic carbocycles. The summed E-state index contributed by atoms with van der Waals surface area (Å²) in [6, 6.07) is 9.79. The van der Waals surface area contributed by atoms with Gasteiger partial charge in [0.2, 0.25) is 0 Å². The first-order valence-electron chi connectivity index (χ1n) is 5.12. The number of nitrogen functional groups attached to an aromatic ring is 1. The Labute approximate surface area is 94.6 Å². The van der Waals surface area contributed by atoms with E-state index in [0.29, 0.717) is 12.4 Å². The standard InChI is InChI=1S/C12H15N3O/c1-9-6-12(13)14-15(9)8-10-4-3-5-11(7-10)16-2/h3-7H,8H2,1-2H3,(H2,13,14). The predicted molar refractivity (Wildman–Crippen MR) is 63.5 cm³/mol. The molecule has 4 heteroatoms. The molecule has 0 saturated heterocycles. The van der Waals surface area contributed by atoms with Gasteiger partial charge in [0.25, 0.3) is 0 Å². The minimum Gasteiger partial charge on any atom is -0.497 e. The minimum absolute atomic E-state index is 0.556. The number of methoxy groups -OCH3 is 1. The normalized spacial score (nSPS) is 10.4. The molecule has 2 rings (SSSR count). The Morgan fingerprint density at radius 3 is 2.81 bits per heavy atom. The number of aryl methyl sites for hydroxylation is 1. The van der Waals surface area contributed by atoms with E-state index in [0.717, 1.165) is 17.0 Å². The lowest BCUT2D eigenvalue weighted by atomic mass is 10.2. The third-order valence-electron chi connectivity index (χ3n) is 2.47. The number of ether oxygens (including phenoxy) is 1. The quantitative estimate of drug-likeness (QED) is 0.853. The molecule has 0 fully saturated rings. The molecule has 0 unspecified atom stereocenters. The highest BCUT2D eigenvalue weighted by Gasteiger charge is 2.02. The third-order valence-corrected chi connectivity index (χ3v) is 2.47. The Morgan fingerprint density at radius 2 is 2.19 bits per heavy atom. The molecule has 4 nitrogen and oxygen atoms in total. The van der Waals surface area contributed by atoms with E-state index in [4.69, 9.17) is 10.5 Å². The van der Waals surface area contributed by atoms with Gasteiger partial charge in [0.1, 0.15) is 11.6 Å². The van der Waals surface area contributed by atoms with Gasteiger partial charge in [-0.2, -0.15) is 5.10 Å². The number of hydrogen-bond donors (Lipinski definition) is 1. The average Bonchev–Trinajstić information content (AvgIpc) is 2.58. The van der Waals surface area contributed by atoms with Gasteiger partial charge in [-0.3, -0.25) is 4.68 Å². The van der Waals surface area contributed by atoms with Crippen LogP contribution in [0.2, 0.25) is 0 Å². The molecular formula is C12H15N3O. The molecular weight excluding hydrogens is 202 g/mol. The summed E-state index contributed by atoms with van der Waals surface area (Å²) in [6.45, 7) is 2.70. The summed E-state index contributed by atoms with van der Waals surface area (Å²) in [5.41, 5.74) is 7.83. The molecule has 0 radical (unpaired) electrons. The van der Waals surface area contributed by atoms with Crippen molar-refractivity contribution in [2.75, 3.05) is 12.8 Å². The molecule has 0 bridgehead atoms. The van der Waals surface area contributed by atoms with Gasteiger partial charge >= 0.3 is 0 Å². The van der Waals surface area contributed by atoms with E-state index in [-0.39, 0.29) is 0 Å². The van der Waals surface area contributed by atoms with Crippen molar-refractivity contribution in [3.05, 3.63) is 41.6 Å². The molecule has 0 aliphatic rings. The number of hydrogen-bond acceptors (Lipinski definition) is 3. The van der Waals surface area contributed by atoms with Crippen LogP contribution in [-0.4, -0.2) is 16.9 Å². The molecule has 0 atom stereocenters. The lowest BCUT2D eigenvalue weighted by molar-refractivity contribution is 0.414. The molecule has 0 aliphatic heterocycles. The molecule has 0 amide bonds. The van der Waals surface area contributed by atoms with Gasteiger partial charge in [-0.15, -0.1) is 0 Å². The van der Waals surface area contributed by atoms with Gasteiger partial charge in [0, 0.05) is 11.8 Å². The van der Waals surface area contributed by atoms with Crippen LogP contribution < -0.4 is 10.5 Å². The van der Waals surface area contributed by atoms with Crippen LogP contribution in [0.25, 0.3) is 0 Å². The smallest absolute Gasteiger partial charge is 0.145 e. The van der Waals surface area contributed by atoms with Crippen LogP contribution in [0, 0.1) is 6.92 Å². The van der Waals surface area contributed by atoms with E-state index >= 15 is 0 Å². The molecule has 1 heterocycles. The summed E-state index contributed by atoms with van der Waals surface area (Å²) in [5, 5.41) is 4.21. The Hall–Kier alpha value is -1.97. The first-order chi connectivity index (χ1) is 7.69. The van der Waals surface area contributed by atoms with Crippen molar-refractivity contribution in [3.8, 4) is 5.75 Å². The predicted octanol–water partition coefficient (Wildman–Crippen LogP) is 1.83. The lowest BCUT2D eigenvalue weighted by Gasteiger charge is -2.06. The zero-order valence-electron chi connectivity index (χ0n) is 9.47. The summed E-state index contributed by atoms with van der Waals surface area (Å²) < 4.78 is 7.05. The fraction of sp³-hybridized carbons (Fsp3) is 0.250. The van der Waals surface area contributed by atoms with Crippen LogP contribution in [0.3, 0.4) is 0 Å². The van der Waals surface area contributed by atoms with Gasteiger partial charge in [0.15, 0.2) is 0 Å². The zero-order chi connectivity index (χ0) is 11.5. The van der Waals surface area contributed by atoms with Crippen molar-refractivity contribution in [2.24, 2.45) is 0 Å². The van der Waals surface area contributed by atoms with Gasteiger partial charge in [-0.25, -0.2) is 0 Å². The monoisotopic (exact) mass is 217 g/mol. The summed E-state index contributed by atoms with van der Waals surface area (Å²) in [7, 11) is 1.66. The summed E-state index contributed by atoms with van der Waals surface area (Å²) in [5.74, 6) is 1.41. The SMILES string of the molecule is COc1cccc(Cn2nc(N)cc2C)c1. The maximum absolute atomic E-state index is 5.63. The summed E-state index contributed by atoms with van der Waals surface area (Å²) in [6.07, 6.45) is 0. The first kappa shape index (κ1) is 10.5. The van der Waals surface area contributed by atoms with Gasteiger partial charge in [0.05, 0.1) is 13.7 Å². The van der Waals surface area contributed by atoms with Crippen LogP contribution in [0.5, 0.6) is 5.75 Å². The second-order valence-corrected chi connectivity index (χ2v) is 3.72. The Morgan fingerprint density at radius 1 is 1.38 bits per heavy atom. The molecule has 2 N–H and O–H groups in total. The van der Waals surface area contributed by atoms with Crippen molar-refractivity contribution < 1.29 is 4.74 Å². The van der Waals surface area contributed by atoms with E-state index in [9.17, 15) is 0 Å². The van der Waals surface area contributed by atoms with Crippen molar-refractivity contribution in [1.29, 1.82) is 0 Å². The second-order valence-electron chi connectivity index (χ2n) is 3.72. The largest absolute Gasteiger partial charge is 0.497 e. The summed E-state index contributed by atoms with van der Waals surface area (Å²) in [4.78, 5) is 0. The zero-order valence-corrected chi connectivity index (χ0v) is 9.47. The number of rotatable bonds is 3. The molecule has 0 saturated carbocycles. The first-order valence-corrected chi connectivity index (χ1v) is 5.12. The van der Waals surface area contributed by atoms with Crippen molar-refractivity contribution in [2.45, 2.75) is 13.5 Å². The number of nitrogens with two attached hydrogens (primary N) is 1. The topological polar surface area (TPSA) is 53.1 Å². The molecule has 16 heavy (non-hydrogen) atoms. The Kier molecular flexibility index (Phi) is 2.81. The Balaban J connectivity index is 2.23.